The molecule has 1 N–H and O–H groups in total. The van der Waals surface area contributed by atoms with Crippen LogP contribution in [0.15, 0.2) is 48.8 Å². The number of rotatable bonds is 7. The molecule has 0 radical (unpaired) electrons. The van der Waals surface area contributed by atoms with Gasteiger partial charge in [-0.2, -0.15) is 0 Å². The molecule has 106 valence electrons. The molecule has 20 heavy (non-hydrogen) atoms. The first-order valence-electron chi connectivity index (χ1n) is 7.08. The van der Waals surface area contributed by atoms with Gasteiger partial charge in [-0.15, -0.1) is 0 Å². The Morgan fingerprint density at radius 2 is 1.90 bits per heavy atom. The normalized spacial score (nSPS) is 10.8. The van der Waals surface area contributed by atoms with Gasteiger partial charge in [0.15, 0.2) is 0 Å². The SMILES string of the molecule is CC(C)NCCc1ccccc1COc1cccnc1. The van der Waals surface area contributed by atoms with E-state index < -0.39 is 0 Å². The molecule has 1 aromatic heterocycles. The van der Waals surface area contributed by atoms with Crippen molar-refractivity contribution in [1.29, 1.82) is 0 Å². The average Bonchev–Trinajstić information content (AvgIpc) is 2.47. The number of ether oxygens (including phenoxy) is 1. The van der Waals surface area contributed by atoms with E-state index in [1.807, 2.05) is 12.1 Å². The minimum absolute atomic E-state index is 0.522. The van der Waals surface area contributed by atoms with Crippen LogP contribution in [0.1, 0.15) is 25.0 Å². The van der Waals surface area contributed by atoms with Crippen LogP contribution in [0.5, 0.6) is 5.75 Å². The van der Waals surface area contributed by atoms with Gasteiger partial charge >= 0.3 is 0 Å². The molecule has 0 atom stereocenters. The van der Waals surface area contributed by atoms with Crippen LogP contribution in [0.4, 0.5) is 0 Å². The fraction of sp³-hybridized carbons (Fsp3) is 0.353. The second-order valence-corrected chi connectivity index (χ2v) is 5.10. The summed E-state index contributed by atoms with van der Waals surface area (Å²) in [5.74, 6) is 0.808. The maximum atomic E-state index is 5.78. The molecule has 1 heterocycles. The Morgan fingerprint density at radius 1 is 1.10 bits per heavy atom. The highest BCUT2D eigenvalue weighted by Gasteiger charge is 2.03. The minimum atomic E-state index is 0.522. The molecular formula is C17H22N2O. The van der Waals surface area contributed by atoms with E-state index in [9.17, 15) is 0 Å². The Kier molecular flexibility index (Phi) is 5.56. The minimum Gasteiger partial charge on any atom is -0.487 e. The summed E-state index contributed by atoms with van der Waals surface area (Å²) in [5, 5.41) is 3.44. The highest BCUT2D eigenvalue weighted by Crippen LogP contribution is 2.14. The first-order chi connectivity index (χ1) is 9.75. The quantitative estimate of drug-likeness (QED) is 0.839. The number of hydrogen-bond donors (Lipinski definition) is 1. The van der Waals surface area contributed by atoms with Crippen molar-refractivity contribution in [3.63, 3.8) is 0 Å². The molecule has 0 saturated carbocycles. The highest BCUT2D eigenvalue weighted by atomic mass is 16.5. The maximum Gasteiger partial charge on any atom is 0.138 e. The van der Waals surface area contributed by atoms with Gasteiger partial charge in [-0.3, -0.25) is 4.98 Å². The molecule has 2 rings (SSSR count). The Morgan fingerprint density at radius 3 is 2.60 bits per heavy atom. The monoisotopic (exact) mass is 270 g/mol. The van der Waals surface area contributed by atoms with Crippen molar-refractivity contribution in [1.82, 2.24) is 10.3 Å². The van der Waals surface area contributed by atoms with Crippen LogP contribution < -0.4 is 10.1 Å². The lowest BCUT2D eigenvalue weighted by atomic mass is 10.1. The summed E-state index contributed by atoms with van der Waals surface area (Å²) in [6.45, 7) is 5.90. The van der Waals surface area contributed by atoms with Crippen molar-refractivity contribution in [2.24, 2.45) is 0 Å². The lowest BCUT2D eigenvalue weighted by Gasteiger charge is -2.12. The number of pyridine rings is 1. The maximum absolute atomic E-state index is 5.78. The van der Waals surface area contributed by atoms with Gasteiger partial charge in [-0.25, -0.2) is 0 Å². The van der Waals surface area contributed by atoms with Gasteiger partial charge < -0.3 is 10.1 Å². The van der Waals surface area contributed by atoms with E-state index >= 15 is 0 Å². The van der Waals surface area contributed by atoms with Gasteiger partial charge in [0.2, 0.25) is 0 Å². The molecule has 0 aliphatic rings. The lowest BCUT2D eigenvalue weighted by Crippen LogP contribution is -2.25. The predicted octanol–water partition coefficient (Wildman–Crippen LogP) is 3.20. The summed E-state index contributed by atoms with van der Waals surface area (Å²) in [4.78, 5) is 4.05. The molecule has 0 unspecified atom stereocenters. The van der Waals surface area contributed by atoms with Crippen molar-refractivity contribution in [3.8, 4) is 5.75 Å². The summed E-state index contributed by atoms with van der Waals surface area (Å²) in [5.41, 5.74) is 2.58. The summed E-state index contributed by atoms with van der Waals surface area (Å²) < 4.78 is 5.78. The third-order valence-electron chi connectivity index (χ3n) is 3.09. The number of nitrogens with one attached hydrogen (secondary N) is 1. The molecule has 0 saturated heterocycles. The lowest BCUT2D eigenvalue weighted by molar-refractivity contribution is 0.303. The van der Waals surface area contributed by atoms with Gasteiger partial charge in [-0.05, 0) is 36.2 Å². The predicted molar refractivity (Wildman–Crippen MR) is 81.9 cm³/mol. The molecule has 0 amide bonds. The molecular weight excluding hydrogens is 248 g/mol. The Hall–Kier alpha value is -1.87. The van der Waals surface area contributed by atoms with Crippen molar-refractivity contribution >= 4 is 0 Å². The first kappa shape index (κ1) is 14.5. The van der Waals surface area contributed by atoms with E-state index in [4.69, 9.17) is 4.74 Å². The second-order valence-electron chi connectivity index (χ2n) is 5.10. The summed E-state index contributed by atoms with van der Waals surface area (Å²) in [7, 11) is 0. The zero-order valence-electron chi connectivity index (χ0n) is 12.2. The summed E-state index contributed by atoms with van der Waals surface area (Å²) in [6.07, 6.45) is 4.51. The van der Waals surface area contributed by atoms with Crippen molar-refractivity contribution in [2.45, 2.75) is 32.9 Å². The number of hydrogen-bond acceptors (Lipinski definition) is 3. The molecule has 0 aliphatic carbocycles. The standard InChI is InChI=1S/C17H22N2O/c1-14(2)19-11-9-15-6-3-4-7-16(15)13-20-17-8-5-10-18-12-17/h3-8,10,12,14,19H,9,11,13H2,1-2H3. The van der Waals surface area contributed by atoms with Crippen LogP contribution in [-0.2, 0) is 13.0 Å². The molecule has 1 aromatic carbocycles. The molecule has 3 heteroatoms. The Labute approximate surface area is 121 Å². The zero-order chi connectivity index (χ0) is 14.2. The molecule has 3 nitrogen and oxygen atoms in total. The van der Waals surface area contributed by atoms with Gasteiger partial charge in [0, 0.05) is 12.2 Å². The van der Waals surface area contributed by atoms with Crippen molar-refractivity contribution < 1.29 is 4.74 Å². The van der Waals surface area contributed by atoms with E-state index in [-0.39, 0.29) is 0 Å². The van der Waals surface area contributed by atoms with Gasteiger partial charge in [-0.1, -0.05) is 38.1 Å². The van der Waals surface area contributed by atoms with Crippen molar-refractivity contribution in [2.75, 3.05) is 6.54 Å². The largest absolute Gasteiger partial charge is 0.487 e. The van der Waals surface area contributed by atoms with Crippen LogP contribution in [-0.4, -0.2) is 17.6 Å². The summed E-state index contributed by atoms with van der Waals surface area (Å²) in [6, 6.07) is 12.8. The van der Waals surface area contributed by atoms with Crippen molar-refractivity contribution in [3.05, 3.63) is 59.9 Å². The third-order valence-corrected chi connectivity index (χ3v) is 3.09. The van der Waals surface area contributed by atoms with E-state index in [1.165, 1.54) is 11.1 Å². The molecule has 0 aliphatic heterocycles. The first-order valence-corrected chi connectivity index (χ1v) is 7.08. The number of aromatic nitrogens is 1. The third kappa shape index (κ3) is 4.67. The molecule has 0 spiro atoms. The molecule has 2 aromatic rings. The number of nitrogens with zero attached hydrogens (tertiary/aromatic N) is 1. The van der Waals surface area contributed by atoms with Crippen LogP contribution in [0.25, 0.3) is 0 Å². The highest BCUT2D eigenvalue weighted by molar-refractivity contribution is 5.27. The zero-order valence-corrected chi connectivity index (χ0v) is 12.2. The van der Waals surface area contributed by atoms with E-state index in [0.717, 1.165) is 18.7 Å². The number of benzene rings is 1. The Bertz CT molecular complexity index is 511. The van der Waals surface area contributed by atoms with Crippen LogP contribution in [0.2, 0.25) is 0 Å². The van der Waals surface area contributed by atoms with Gasteiger partial charge in [0.1, 0.15) is 12.4 Å². The van der Waals surface area contributed by atoms with Gasteiger partial charge in [0.05, 0.1) is 6.20 Å². The molecule has 0 bridgehead atoms. The topological polar surface area (TPSA) is 34.1 Å². The fourth-order valence-corrected chi connectivity index (χ4v) is 2.03. The van der Waals surface area contributed by atoms with E-state index in [1.54, 1.807) is 12.4 Å². The molecule has 0 fully saturated rings. The summed E-state index contributed by atoms with van der Waals surface area (Å²) >= 11 is 0. The van der Waals surface area contributed by atoms with Crippen LogP contribution in [0.3, 0.4) is 0 Å². The average molecular weight is 270 g/mol. The smallest absolute Gasteiger partial charge is 0.138 e. The van der Waals surface area contributed by atoms with Gasteiger partial charge in [0.25, 0.3) is 0 Å². The van der Waals surface area contributed by atoms with Crippen LogP contribution in [0, 0.1) is 0 Å². The fourth-order valence-electron chi connectivity index (χ4n) is 2.03. The Balaban J connectivity index is 1.93. The second kappa shape index (κ2) is 7.65. The van der Waals surface area contributed by atoms with Crippen LogP contribution >= 0.6 is 0 Å². The van der Waals surface area contributed by atoms with E-state index in [0.29, 0.717) is 12.6 Å². The van der Waals surface area contributed by atoms with E-state index in [2.05, 4.69) is 48.4 Å².